The van der Waals surface area contributed by atoms with E-state index in [4.69, 9.17) is 4.52 Å². The Morgan fingerprint density at radius 3 is 3.17 bits per heavy atom. The number of thioether (sulfide) groups is 1. The second-order valence-electron chi connectivity index (χ2n) is 4.34. The predicted molar refractivity (Wildman–Crippen MR) is 70.6 cm³/mol. The maximum absolute atomic E-state index is 5.09. The minimum absolute atomic E-state index is 0.440. The molecule has 4 nitrogen and oxygen atoms in total. The summed E-state index contributed by atoms with van der Waals surface area (Å²) in [5.74, 6) is 2.51. The molecule has 1 atom stereocenters. The molecule has 3 rings (SSSR count). The number of rotatable bonds is 4. The van der Waals surface area contributed by atoms with Crippen molar-refractivity contribution < 1.29 is 4.52 Å². The number of aryl methyl sites for hydroxylation is 1. The highest BCUT2D eigenvalue weighted by molar-refractivity contribution is 7.99. The Kier molecular flexibility index (Phi) is 3.34. The lowest BCUT2D eigenvalue weighted by Gasteiger charge is -2.11. The minimum atomic E-state index is 0.440. The van der Waals surface area contributed by atoms with Gasteiger partial charge in [-0.15, -0.1) is 11.8 Å². The smallest absolute Gasteiger partial charge is 0.227 e. The number of benzene rings is 1. The summed E-state index contributed by atoms with van der Waals surface area (Å²) >= 11 is 1.91. The summed E-state index contributed by atoms with van der Waals surface area (Å²) in [7, 11) is 0. The molecule has 1 unspecified atom stereocenters. The largest absolute Gasteiger partial charge is 0.339 e. The SMILES string of the molecule is Cc1noc(CCNC2CSc3ccccc32)n1. The van der Waals surface area contributed by atoms with Gasteiger partial charge in [-0.05, 0) is 18.6 Å². The summed E-state index contributed by atoms with van der Waals surface area (Å²) in [5.41, 5.74) is 1.41. The van der Waals surface area contributed by atoms with Crippen molar-refractivity contribution in [2.24, 2.45) is 0 Å². The molecule has 0 bridgehead atoms. The first-order chi connectivity index (χ1) is 8.83. The maximum atomic E-state index is 5.09. The molecular weight excluding hydrogens is 246 g/mol. The van der Waals surface area contributed by atoms with Crippen LogP contribution in [0.25, 0.3) is 0 Å². The molecule has 0 spiro atoms. The Bertz CT molecular complexity index is 541. The van der Waals surface area contributed by atoms with Crippen molar-refractivity contribution in [2.45, 2.75) is 24.3 Å². The van der Waals surface area contributed by atoms with E-state index in [0.717, 1.165) is 18.7 Å². The van der Waals surface area contributed by atoms with Crippen LogP contribution in [0.2, 0.25) is 0 Å². The van der Waals surface area contributed by atoms with Crippen LogP contribution in [0.5, 0.6) is 0 Å². The third-order valence-corrected chi connectivity index (χ3v) is 4.18. The van der Waals surface area contributed by atoms with Crippen molar-refractivity contribution in [2.75, 3.05) is 12.3 Å². The number of hydrogen-bond donors (Lipinski definition) is 1. The molecular formula is C13H15N3OS. The molecule has 0 fully saturated rings. The van der Waals surface area contributed by atoms with E-state index in [1.54, 1.807) is 0 Å². The molecule has 5 heteroatoms. The Morgan fingerprint density at radius 2 is 2.33 bits per heavy atom. The lowest BCUT2D eigenvalue weighted by molar-refractivity contribution is 0.370. The zero-order valence-corrected chi connectivity index (χ0v) is 11.0. The molecule has 0 radical (unpaired) electrons. The summed E-state index contributed by atoms with van der Waals surface area (Å²) in [6.07, 6.45) is 0.782. The number of hydrogen-bond acceptors (Lipinski definition) is 5. The third-order valence-electron chi connectivity index (χ3n) is 3.00. The highest BCUT2D eigenvalue weighted by Gasteiger charge is 2.21. The van der Waals surface area contributed by atoms with E-state index in [0.29, 0.717) is 17.8 Å². The van der Waals surface area contributed by atoms with Crippen LogP contribution in [-0.4, -0.2) is 22.4 Å². The van der Waals surface area contributed by atoms with Crippen LogP contribution in [0, 0.1) is 6.92 Å². The molecule has 94 valence electrons. The predicted octanol–water partition coefficient (Wildman–Crippen LogP) is 2.36. The second-order valence-corrected chi connectivity index (χ2v) is 5.40. The van der Waals surface area contributed by atoms with Gasteiger partial charge in [0, 0.05) is 29.7 Å². The first kappa shape index (κ1) is 11.7. The first-order valence-corrected chi connectivity index (χ1v) is 7.06. The molecule has 1 N–H and O–H groups in total. The molecule has 0 saturated heterocycles. The van der Waals surface area contributed by atoms with Crippen LogP contribution < -0.4 is 5.32 Å². The van der Waals surface area contributed by atoms with E-state index in [9.17, 15) is 0 Å². The summed E-state index contributed by atoms with van der Waals surface area (Å²) < 4.78 is 5.09. The summed E-state index contributed by atoms with van der Waals surface area (Å²) in [6, 6.07) is 9.01. The Morgan fingerprint density at radius 1 is 1.44 bits per heavy atom. The lowest BCUT2D eigenvalue weighted by atomic mass is 10.1. The summed E-state index contributed by atoms with van der Waals surface area (Å²) in [5, 5.41) is 7.33. The van der Waals surface area contributed by atoms with E-state index in [1.165, 1.54) is 10.5 Å². The molecule has 1 aliphatic heterocycles. The quantitative estimate of drug-likeness (QED) is 0.915. The van der Waals surface area contributed by atoms with Gasteiger partial charge in [-0.1, -0.05) is 23.4 Å². The van der Waals surface area contributed by atoms with Crippen LogP contribution >= 0.6 is 11.8 Å². The van der Waals surface area contributed by atoms with Gasteiger partial charge in [0.05, 0.1) is 0 Å². The fourth-order valence-corrected chi connectivity index (χ4v) is 3.32. The molecule has 18 heavy (non-hydrogen) atoms. The zero-order chi connectivity index (χ0) is 12.4. The Hall–Kier alpha value is -1.33. The van der Waals surface area contributed by atoms with Crippen molar-refractivity contribution in [3.63, 3.8) is 0 Å². The monoisotopic (exact) mass is 261 g/mol. The first-order valence-electron chi connectivity index (χ1n) is 6.07. The van der Waals surface area contributed by atoms with Crippen LogP contribution in [0.3, 0.4) is 0 Å². The van der Waals surface area contributed by atoms with Gasteiger partial charge in [0.25, 0.3) is 0 Å². The molecule has 0 aliphatic carbocycles. The molecule has 1 aromatic heterocycles. The van der Waals surface area contributed by atoms with E-state index < -0.39 is 0 Å². The topological polar surface area (TPSA) is 51.0 Å². The highest BCUT2D eigenvalue weighted by Crippen LogP contribution is 2.37. The van der Waals surface area contributed by atoms with Crippen LogP contribution in [0.1, 0.15) is 23.3 Å². The lowest BCUT2D eigenvalue weighted by Crippen LogP contribution is -2.23. The van der Waals surface area contributed by atoms with Crippen molar-refractivity contribution in [3.05, 3.63) is 41.5 Å². The zero-order valence-electron chi connectivity index (χ0n) is 10.2. The van der Waals surface area contributed by atoms with Gasteiger partial charge in [-0.25, -0.2) is 0 Å². The average molecular weight is 261 g/mol. The van der Waals surface area contributed by atoms with Crippen molar-refractivity contribution >= 4 is 11.8 Å². The van der Waals surface area contributed by atoms with Crippen LogP contribution in [0.15, 0.2) is 33.7 Å². The summed E-state index contributed by atoms with van der Waals surface area (Å²) in [4.78, 5) is 5.59. The molecule has 1 aromatic carbocycles. The molecule has 0 saturated carbocycles. The minimum Gasteiger partial charge on any atom is -0.339 e. The van der Waals surface area contributed by atoms with Gasteiger partial charge in [0.2, 0.25) is 5.89 Å². The molecule has 0 amide bonds. The van der Waals surface area contributed by atoms with Gasteiger partial charge in [0.1, 0.15) is 0 Å². The van der Waals surface area contributed by atoms with E-state index in [2.05, 4.69) is 39.7 Å². The van der Waals surface area contributed by atoms with E-state index in [1.807, 2.05) is 18.7 Å². The third kappa shape index (κ3) is 2.42. The Balaban J connectivity index is 1.56. The number of nitrogens with one attached hydrogen (secondary N) is 1. The number of aromatic nitrogens is 2. The highest BCUT2D eigenvalue weighted by atomic mass is 32.2. The second kappa shape index (κ2) is 5.12. The fraction of sp³-hybridized carbons (Fsp3) is 0.385. The Labute approximate surface area is 110 Å². The standard InChI is InChI=1S/C13H15N3OS/c1-9-15-13(17-16-9)6-7-14-11-8-18-12-5-3-2-4-10(11)12/h2-5,11,14H,6-8H2,1H3. The average Bonchev–Trinajstić information content (AvgIpc) is 2.97. The summed E-state index contributed by atoms with van der Waals surface area (Å²) in [6.45, 7) is 2.70. The normalized spacial score (nSPS) is 17.9. The van der Waals surface area contributed by atoms with Crippen molar-refractivity contribution in [1.82, 2.24) is 15.5 Å². The van der Waals surface area contributed by atoms with Crippen molar-refractivity contribution in [1.29, 1.82) is 0 Å². The van der Waals surface area contributed by atoms with Gasteiger partial charge >= 0.3 is 0 Å². The number of nitrogens with zero attached hydrogens (tertiary/aromatic N) is 2. The molecule has 2 heterocycles. The fourth-order valence-electron chi connectivity index (χ4n) is 2.13. The molecule has 1 aliphatic rings. The van der Waals surface area contributed by atoms with Crippen LogP contribution in [0.4, 0.5) is 0 Å². The number of fused-ring (bicyclic) bond motifs is 1. The van der Waals surface area contributed by atoms with Gasteiger partial charge in [0.15, 0.2) is 5.82 Å². The molecule has 2 aromatic rings. The maximum Gasteiger partial charge on any atom is 0.227 e. The van der Waals surface area contributed by atoms with Crippen molar-refractivity contribution in [3.8, 4) is 0 Å². The van der Waals surface area contributed by atoms with Gasteiger partial charge in [-0.3, -0.25) is 0 Å². The van der Waals surface area contributed by atoms with Gasteiger partial charge < -0.3 is 9.84 Å². The van der Waals surface area contributed by atoms with Gasteiger partial charge in [-0.2, -0.15) is 4.98 Å². The van der Waals surface area contributed by atoms with Crippen LogP contribution in [-0.2, 0) is 6.42 Å². The van der Waals surface area contributed by atoms with E-state index in [-0.39, 0.29) is 0 Å². The van der Waals surface area contributed by atoms with E-state index >= 15 is 0 Å².